The molecule has 1 heterocycles. The predicted octanol–water partition coefficient (Wildman–Crippen LogP) is 2.14. The van der Waals surface area contributed by atoms with E-state index in [9.17, 15) is 18.0 Å². The Labute approximate surface area is 199 Å². The number of nitrogens with one attached hydrogen (secondary N) is 3. The van der Waals surface area contributed by atoms with Gasteiger partial charge < -0.3 is 16.0 Å². The summed E-state index contributed by atoms with van der Waals surface area (Å²) in [5, 5.41) is 3.68. The number of carbonyl (C=O) groups excluding carboxylic acids is 2. The molecular formula is C25H30N4O4S. The van der Waals surface area contributed by atoms with Crippen LogP contribution in [-0.2, 0) is 38.2 Å². The first-order valence-electron chi connectivity index (χ1n) is 11.3. The molecule has 8 nitrogen and oxygen atoms in total. The van der Waals surface area contributed by atoms with Crippen LogP contribution >= 0.6 is 0 Å². The van der Waals surface area contributed by atoms with Gasteiger partial charge in [0.15, 0.2) is 0 Å². The van der Waals surface area contributed by atoms with Gasteiger partial charge in [-0.15, -0.1) is 0 Å². The molecule has 0 saturated carbocycles. The van der Waals surface area contributed by atoms with Crippen LogP contribution in [0.1, 0.15) is 37.1 Å². The molecule has 0 radical (unpaired) electrons. The Morgan fingerprint density at radius 1 is 1.09 bits per heavy atom. The number of sulfonamides is 1. The SMILES string of the molecule is CC(C)[C@H](NC(=O)[C@]1(NS(=O)(=O)Cc2ccccc2)CCc2[nH]c3ccccc3c2C1)C(N)=O. The van der Waals surface area contributed by atoms with Crippen LogP contribution in [0.4, 0.5) is 0 Å². The lowest BCUT2D eigenvalue weighted by molar-refractivity contribution is -0.132. The maximum Gasteiger partial charge on any atom is 0.242 e. The van der Waals surface area contributed by atoms with Gasteiger partial charge in [-0.05, 0) is 36.0 Å². The number of benzene rings is 2. The highest BCUT2D eigenvalue weighted by Gasteiger charge is 2.46. The zero-order valence-corrected chi connectivity index (χ0v) is 20.1. The number of rotatable bonds is 8. The number of amides is 2. The molecule has 1 aliphatic carbocycles. The number of fused-ring (bicyclic) bond motifs is 3. The zero-order valence-electron chi connectivity index (χ0n) is 19.3. The lowest BCUT2D eigenvalue weighted by Gasteiger charge is -2.37. The van der Waals surface area contributed by atoms with Crippen LogP contribution in [-0.4, -0.2) is 36.8 Å². The zero-order chi connectivity index (χ0) is 24.5. The van der Waals surface area contributed by atoms with Crippen molar-refractivity contribution in [2.24, 2.45) is 11.7 Å². The van der Waals surface area contributed by atoms with Gasteiger partial charge in [0.25, 0.3) is 0 Å². The summed E-state index contributed by atoms with van der Waals surface area (Å²) >= 11 is 0. The van der Waals surface area contributed by atoms with Crippen molar-refractivity contribution in [3.63, 3.8) is 0 Å². The van der Waals surface area contributed by atoms with Gasteiger partial charge in [0.1, 0.15) is 11.6 Å². The number of aryl methyl sites for hydroxylation is 1. The Kier molecular flexibility index (Phi) is 6.51. The van der Waals surface area contributed by atoms with Gasteiger partial charge >= 0.3 is 0 Å². The third-order valence-electron chi connectivity index (χ3n) is 6.43. The van der Waals surface area contributed by atoms with Gasteiger partial charge in [-0.2, -0.15) is 4.72 Å². The molecule has 4 rings (SSSR count). The second-order valence-corrected chi connectivity index (χ2v) is 11.1. The van der Waals surface area contributed by atoms with Gasteiger partial charge in [-0.1, -0.05) is 62.4 Å². The first kappa shape index (κ1) is 24.0. The third-order valence-corrected chi connectivity index (χ3v) is 7.84. The Balaban J connectivity index is 1.72. The molecule has 2 amide bonds. The minimum atomic E-state index is -3.89. The minimum Gasteiger partial charge on any atom is -0.368 e. The number of nitrogens with two attached hydrogens (primary N) is 1. The minimum absolute atomic E-state index is 0.162. The van der Waals surface area contributed by atoms with E-state index < -0.39 is 33.4 Å². The molecule has 34 heavy (non-hydrogen) atoms. The van der Waals surface area contributed by atoms with Crippen molar-refractivity contribution < 1.29 is 18.0 Å². The Morgan fingerprint density at radius 3 is 2.44 bits per heavy atom. The van der Waals surface area contributed by atoms with Crippen LogP contribution in [0.2, 0.25) is 0 Å². The van der Waals surface area contributed by atoms with Crippen molar-refractivity contribution in [3.05, 3.63) is 71.4 Å². The van der Waals surface area contributed by atoms with E-state index >= 15 is 0 Å². The predicted molar refractivity (Wildman–Crippen MR) is 131 cm³/mol. The number of primary amides is 1. The maximum atomic E-state index is 13.7. The van der Waals surface area contributed by atoms with Gasteiger partial charge in [-0.3, -0.25) is 9.59 Å². The molecule has 2 atom stereocenters. The monoisotopic (exact) mass is 482 g/mol. The fourth-order valence-electron chi connectivity index (χ4n) is 4.70. The molecule has 0 spiro atoms. The summed E-state index contributed by atoms with van der Waals surface area (Å²) in [6, 6.07) is 15.6. The van der Waals surface area contributed by atoms with E-state index in [0.717, 1.165) is 22.2 Å². The van der Waals surface area contributed by atoms with Crippen molar-refractivity contribution >= 4 is 32.7 Å². The first-order valence-corrected chi connectivity index (χ1v) is 13.0. The second-order valence-electron chi connectivity index (χ2n) is 9.33. The van der Waals surface area contributed by atoms with Crippen LogP contribution in [0.3, 0.4) is 0 Å². The van der Waals surface area contributed by atoms with E-state index in [0.29, 0.717) is 12.0 Å². The smallest absolute Gasteiger partial charge is 0.242 e. The quantitative estimate of drug-likeness (QED) is 0.391. The molecule has 5 N–H and O–H groups in total. The summed E-state index contributed by atoms with van der Waals surface area (Å²) in [5.41, 5.74) is 7.52. The number of carbonyl (C=O) groups is 2. The lowest BCUT2D eigenvalue weighted by atomic mass is 9.79. The number of H-pyrrole nitrogens is 1. The van der Waals surface area contributed by atoms with Crippen molar-refractivity contribution in [3.8, 4) is 0 Å². The Hall–Kier alpha value is -3.17. The van der Waals surface area contributed by atoms with Gasteiger partial charge in [0.2, 0.25) is 21.8 Å². The molecule has 0 fully saturated rings. The number of aromatic amines is 1. The van der Waals surface area contributed by atoms with Crippen molar-refractivity contribution in [1.82, 2.24) is 15.0 Å². The van der Waals surface area contributed by atoms with Crippen LogP contribution in [0, 0.1) is 5.92 Å². The number of hydrogen-bond acceptors (Lipinski definition) is 4. The van der Waals surface area contributed by atoms with Crippen LogP contribution in [0.25, 0.3) is 10.9 Å². The molecular weight excluding hydrogens is 452 g/mol. The van der Waals surface area contributed by atoms with Crippen molar-refractivity contribution in [2.75, 3.05) is 0 Å². The van der Waals surface area contributed by atoms with Crippen molar-refractivity contribution in [1.29, 1.82) is 0 Å². The standard InChI is InChI=1S/C25H30N4O4S/c1-16(2)22(23(26)30)28-24(31)25(29-34(32,33)15-17-8-4-3-5-9-17)13-12-21-19(14-25)18-10-6-7-11-20(18)27-21/h3-11,16,22,27,29H,12-15H2,1-2H3,(H2,26,30)(H,28,31)/t22-,25-/m0/s1. The van der Waals surface area contributed by atoms with Crippen LogP contribution < -0.4 is 15.8 Å². The summed E-state index contributed by atoms with van der Waals surface area (Å²) in [7, 11) is -3.89. The maximum absolute atomic E-state index is 13.7. The number of hydrogen-bond donors (Lipinski definition) is 4. The fourth-order valence-corrected chi connectivity index (χ4v) is 6.27. The normalized spacial score (nSPS) is 19.0. The molecule has 9 heteroatoms. The summed E-state index contributed by atoms with van der Waals surface area (Å²) in [6.07, 6.45) is 0.889. The molecule has 180 valence electrons. The third kappa shape index (κ3) is 4.85. The summed E-state index contributed by atoms with van der Waals surface area (Å²) in [6.45, 7) is 3.56. The highest BCUT2D eigenvalue weighted by atomic mass is 32.2. The molecule has 0 saturated heterocycles. The number of para-hydroxylation sites is 1. The molecule has 3 aromatic rings. The molecule has 0 unspecified atom stereocenters. The lowest BCUT2D eigenvalue weighted by Crippen LogP contribution is -2.64. The van der Waals surface area contributed by atoms with Crippen molar-refractivity contribution in [2.45, 2.75) is 50.4 Å². The number of aromatic nitrogens is 1. The average molecular weight is 483 g/mol. The van der Waals surface area contributed by atoms with E-state index in [1.54, 1.807) is 38.1 Å². The Morgan fingerprint density at radius 2 is 1.76 bits per heavy atom. The van der Waals surface area contributed by atoms with Crippen LogP contribution in [0.5, 0.6) is 0 Å². The Bertz CT molecular complexity index is 1320. The molecule has 2 aromatic carbocycles. The molecule has 0 aliphatic heterocycles. The molecule has 1 aliphatic rings. The topological polar surface area (TPSA) is 134 Å². The fraction of sp³-hybridized carbons (Fsp3) is 0.360. The second kappa shape index (κ2) is 9.23. The largest absolute Gasteiger partial charge is 0.368 e. The van der Waals surface area contributed by atoms with E-state index in [4.69, 9.17) is 5.73 Å². The molecule has 1 aromatic heterocycles. The summed E-state index contributed by atoms with van der Waals surface area (Å²) in [4.78, 5) is 29.1. The van der Waals surface area contributed by atoms with Gasteiger partial charge in [-0.25, -0.2) is 8.42 Å². The van der Waals surface area contributed by atoms with Gasteiger partial charge in [0.05, 0.1) is 5.75 Å². The van der Waals surface area contributed by atoms with Crippen LogP contribution in [0.15, 0.2) is 54.6 Å². The van der Waals surface area contributed by atoms with E-state index in [1.807, 2.05) is 30.3 Å². The van der Waals surface area contributed by atoms with E-state index in [2.05, 4.69) is 15.0 Å². The first-order chi connectivity index (χ1) is 16.1. The van der Waals surface area contributed by atoms with E-state index in [1.165, 1.54) is 0 Å². The van der Waals surface area contributed by atoms with Gasteiger partial charge in [0, 0.05) is 23.0 Å². The summed E-state index contributed by atoms with van der Waals surface area (Å²) in [5.74, 6) is -1.70. The average Bonchev–Trinajstić information content (AvgIpc) is 3.14. The highest BCUT2D eigenvalue weighted by molar-refractivity contribution is 7.88. The summed E-state index contributed by atoms with van der Waals surface area (Å²) < 4.78 is 29.2. The molecule has 0 bridgehead atoms. The highest BCUT2D eigenvalue weighted by Crippen LogP contribution is 2.35. The van der Waals surface area contributed by atoms with E-state index in [-0.39, 0.29) is 24.5 Å².